The first-order valence-electron chi connectivity index (χ1n) is 5.52. The maximum Gasteiger partial charge on any atom is 0.166 e. The van der Waals surface area contributed by atoms with Gasteiger partial charge in [0.15, 0.2) is 17.0 Å². The molecule has 0 aliphatic rings. The molecule has 0 fully saturated rings. The highest BCUT2D eigenvalue weighted by Gasteiger charge is 2.10. The van der Waals surface area contributed by atoms with Crippen molar-refractivity contribution >= 4 is 17.0 Å². The topological polar surface area (TPSA) is 56.1 Å². The molecule has 0 N–H and O–H groups in total. The molecule has 94 valence electrons. The summed E-state index contributed by atoms with van der Waals surface area (Å²) in [4.78, 5) is 14.7. The van der Waals surface area contributed by atoms with Crippen LogP contribution in [0.4, 0.5) is 5.82 Å². The minimum atomic E-state index is 0.435. The Labute approximate surface area is 106 Å². The lowest BCUT2D eigenvalue weighted by atomic mass is 10.4. The van der Waals surface area contributed by atoms with E-state index in [1.54, 1.807) is 19.8 Å². The average Bonchev–Trinajstić information content (AvgIpc) is 2.77. The number of fused-ring (bicyclic) bond motifs is 1. The smallest absolute Gasteiger partial charge is 0.166 e. The Morgan fingerprint density at radius 1 is 1.28 bits per heavy atom. The van der Waals surface area contributed by atoms with Crippen molar-refractivity contribution in [1.29, 1.82) is 0 Å². The van der Waals surface area contributed by atoms with Gasteiger partial charge in [0.05, 0.1) is 12.9 Å². The molecular weight excluding hydrogens is 230 g/mol. The molecule has 0 atom stereocenters. The standard InChI is InChI=1S/C12H15N5O/c1-16(2)11-10-12(14-8-13-11)17(9-15-10)6-4-5-7-18-3/h8-9H,6-7H2,1-3H3. The molecule has 0 amide bonds. The van der Waals surface area contributed by atoms with Gasteiger partial charge < -0.3 is 14.2 Å². The summed E-state index contributed by atoms with van der Waals surface area (Å²) >= 11 is 0. The summed E-state index contributed by atoms with van der Waals surface area (Å²) < 4.78 is 6.76. The molecule has 6 heteroatoms. The summed E-state index contributed by atoms with van der Waals surface area (Å²) in [6, 6.07) is 0. The van der Waals surface area contributed by atoms with Gasteiger partial charge in [-0.3, -0.25) is 0 Å². The number of hydrogen-bond acceptors (Lipinski definition) is 5. The van der Waals surface area contributed by atoms with E-state index in [1.165, 1.54) is 0 Å². The number of aromatic nitrogens is 4. The second-order valence-electron chi connectivity index (χ2n) is 3.92. The van der Waals surface area contributed by atoms with Crippen LogP contribution in [0.1, 0.15) is 0 Å². The second kappa shape index (κ2) is 5.47. The Morgan fingerprint density at radius 3 is 2.83 bits per heavy atom. The summed E-state index contributed by atoms with van der Waals surface area (Å²) in [6.45, 7) is 0.980. The van der Waals surface area contributed by atoms with Crippen LogP contribution >= 0.6 is 0 Å². The Kier molecular flexibility index (Phi) is 3.75. The lowest BCUT2D eigenvalue weighted by molar-refractivity contribution is 0.239. The van der Waals surface area contributed by atoms with Crippen LogP contribution < -0.4 is 4.90 Å². The van der Waals surface area contributed by atoms with Crippen molar-refractivity contribution in [3.8, 4) is 11.8 Å². The van der Waals surface area contributed by atoms with Crippen molar-refractivity contribution in [2.24, 2.45) is 0 Å². The van der Waals surface area contributed by atoms with Crippen LogP contribution in [-0.2, 0) is 11.3 Å². The van der Waals surface area contributed by atoms with E-state index in [0.717, 1.165) is 17.0 Å². The van der Waals surface area contributed by atoms with Crippen LogP contribution in [-0.4, -0.2) is 47.3 Å². The molecule has 0 aliphatic carbocycles. The van der Waals surface area contributed by atoms with Crippen LogP contribution in [0.25, 0.3) is 11.2 Å². The zero-order valence-electron chi connectivity index (χ0n) is 10.7. The highest BCUT2D eigenvalue weighted by atomic mass is 16.5. The van der Waals surface area contributed by atoms with E-state index in [1.807, 2.05) is 23.6 Å². The molecule has 0 radical (unpaired) electrons. The molecule has 0 saturated carbocycles. The van der Waals surface area contributed by atoms with Crippen molar-refractivity contribution < 1.29 is 4.74 Å². The van der Waals surface area contributed by atoms with Gasteiger partial charge in [-0.25, -0.2) is 15.0 Å². The van der Waals surface area contributed by atoms with E-state index in [-0.39, 0.29) is 0 Å². The van der Waals surface area contributed by atoms with E-state index in [4.69, 9.17) is 4.74 Å². The predicted molar refractivity (Wildman–Crippen MR) is 69.3 cm³/mol. The first kappa shape index (κ1) is 12.3. The Hall–Kier alpha value is -2.13. The molecule has 0 spiro atoms. The lowest BCUT2D eigenvalue weighted by Gasteiger charge is -2.10. The second-order valence-corrected chi connectivity index (χ2v) is 3.92. The minimum absolute atomic E-state index is 0.435. The molecule has 0 unspecified atom stereocenters. The van der Waals surface area contributed by atoms with Gasteiger partial charge in [-0.15, -0.1) is 0 Å². The van der Waals surface area contributed by atoms with Crippen LogP contribution in [0.15, 0.2) is 12.7 Å². The monoisotopic (exact) mass is 245 g/mol. The average molecular weight is 245 g/mol. The predicted octanol–water partition coefficient (Wildman–Crippen LogP) is 0.542. The van der Waals surface area contributed by atoms with Gasteiger partial charge in [-0.2, -0.15) is 0 Å². The first-order chi connectivity index (χ1) is 8.74. The van der Waals surface area contributed by atoms with E-state index < -0.39 is 0 Å². The summed E-state index contributed by atoms with van der Waals surface area (Å²) in [5, 5.41) is 0. The number of nitrogens with zero attached hydrogens (tertiary/aromatic N) is 5. The molecule has 0 aliphatic heterocycles. The van der Waals surface area contributed by atoms with Crippen molar-refractivity contribution in [3.05, 3.63) is 12.7 Å². The molecule has 0 saturated heterocycles. The van der Waals surface area contributed by atoms with E-state index in [2.05, 4.69) is 26.8 Å². The maximum atomic E-state index is 4.87. The number of imidazole rings is 1. The van der Waals surface area contributed by atoms with Gasteiger partial charge in [0.2, 0.25) is 0 Å². The largest absolute Gasteiger partial charge is 0.372 e. The van der Waals surface area contributed by atoms with Crippen LogP contribution in [0, 0.1) is 11.8 Å². The summed E-state index contributed by atoms with van der Waals surface area (Å²) in [6.07, 6.45) is 3.27. The zero-order valence-corrected chi connectivity index (χ0v) is 10.7. The van der Waals surface area contributed by atoms with Crippen molar-refractivity contribution in [3.63, 3.8) is 0 Å². The van der Waals surface area contributed by atoms with Crippen molar-refractivity contribution in [1.82, 2.24) is 19.5 Å². The summed E-state index contributed by atoms with van der Waals surface area (Å²) in [7, 11) is 5.48. The number of anilines is 1. The van der Waals surface area contributed by atoms with E-state index >= 15 is 0 Å². The Morgan fingerprint density at radius 2 is 2.11 bits per heavy atom. The maximum absolute atomic E-state index is 4.87. The van der Waals surface area contributed by atoms with Gasteiger partial charge in [0.25, 0.3) is 0 Å². The molecule has 2 rings (SSSR count). The molecule has 0 bridgehead atoms. The fourth-order valence-corrected chi connectivity index (χ4v) is 1.58. The quantitative estimate of drug-likeness (QED) is 0.739. The number of ether oxygens (including phenoxy) is 1. The first-order valence-corrected chi connectivity index (χ1v) is 5.52. The fraction of sp³-hybridized carbons (Fsp3) is 0.417. The molecule has 6 nitrogen and oxygen atoms in total. The third-order valence-electron chi connectivity index (χ3n) is 2.40. The van der Waals surface area contributed by atoms with Gasteiger partial charge in [0.1, 0.15) is 12.9 Å². The van der Waals surface area contributed by atoms with Gasteiger partial charge in [-0.1, -0.05) is 11.8 Å². The van der Waals surface area contributed by atoms with Crippen LogP contribution in [0.5, 0.6) is 0 Å². The molecule has 2 heterocycles. The third kappa shape index (κ3) is 2.41. The summed E-state index contributed by atoms with van der Waals surface area (Å²) in [5.41, 5.74) is 1.58. The molecule has 2 aromatic rings. The minimum Gasteiger partial charge on any atom is -0.372 e. The van der Waals surface area contributed by atoms with Crippen LogP contribution in [0.3, 0.4) is 0 Å². The zero-order chi connectivity index (χ0) is 13.0. The SMILES string of the molecule is COCC#CCn1cnc2c(N(C)C)ncnc21. The number of rotatable bonds is 3. The number of hydrogen-bond donors (Lipinski definition) is 0. The van der Waals surface area contributed by atoms with Gasteiger partial charge >= 0.3 is 0 Å². The Balaban J connectivity index is 2.32. The molecule has 2 aromatic heterocycles. The lowest BCUT2D eigenvalue weighted by Crippen LogP contribution is -2.11. The van der Waals surface area contributed by atoms with Crippen LogP contribution in [0.2, 0.25) is 0 Å². The summed E-state index contributed by atoms with van der Waals surface area (Å²) in [5.74, 6) is 6.71. The van der Waals surface area contributed by atoms with Gasteiger partial charge in [-0.05, 0) is 0 Å². The Bertz CT molecular complexity index is 593. The van der Waals surface area contributed by atoms with E-state index in [0.29, 0.717) is 13.2 Å². The van der Waals surface area contributed by atoms with Gasteiger partial charge in [0, 0.05) is 21.2 Å². The normalized spacial score (nSPS) is 10.2. The molecule has 0 aromatic carbocycles. The highest BCUT2D eigenvalue weighted by Crippen LogP contribution is 2.18. The highest BCUT2D eigenvalue weighted by molar-refractivity contribution is 5.83. The van der Waals surface area contributed by atoms with Crippen molar-refractivity contribution in [2.75, 3.05) is 32.7 Å². The number of methoxy groups -OCH3 is 1. The van der Waals surface area contributed by atoms with E-state index in [9.17, 15) is 0 Å². The fourth-order valence-electron chi connectivity index (χ4n) is 1.58. The molecular formula is C12H15N5O. The molecule has 18 heavy (non-hydrogen) atoms. The van der Waals surface area contributed by atoms with Crippen molar-refractivity contribution in [2.45, 2.75) is 6.54 Å². The third-order valence-corrected chi connectivity index (χ3v) is 2.40.